The van der Waals surface area contributed by atoms with Gasteiger partial charge in [0.15, 0.2) is 0 Å². The Balaban J connectivity index is 1.77. The lowest BCUT2D eigenvalue weighted by Gasteiger charge is -2.30. The number of aromatic nitrogens is 3. The van der Waals surface area contributed by atoms with Gasteiger partial charge in [-0.25, -0.2) is 19.3 Å². The summed E-state index contributed by atoms with van der Waals surface area (Å²) in [7, 11) is 1.58. The first-order valence-electron chi connectivity index (χ1n) is 11.9. The van der Waals surface area contributed by atoms with Crippen LogP contribution >= 0.6 is 11.3 Å². The van der Waals surface area contributed by atoms with Crippen molar-refractivity contribution in [1.29, 1.82) is 0 Å². The minimum atomic E-state index is -3.80. The topological polar surface area (TPSA) is 89.4 Å². The molecule has 7 nitrogen and oxygen atoms in total. The Morgan fingerprint density at radius 2 is 1.92 bits per heavy atom. The number of anilines is 1. The van der Waals surface area contributed by atoms with Gasteiger partial charge >= 0.3 is 5.92 Å². The Hall–Kier alpha value is -3.28. The second kappa shape index (κ2) is 10.8. The Morgan fingerprint density at radius 1 is 1.16 bits per heavy atom. The van der Waals surface area contributed by atoms with E-state index in [1.54, 1.807) is 32.5 Å². The van der Waals surface area contributed by atoms with Crippen molar-refractivity contribution in [2.24, 2.45) is 0 Å². The number of rotatable bonds is 10. The maximum Gasteiger partial charge on any atom is 0.303 e. The highest BCUT2D eigenvalue weighted by molar-refractivity contribution is 7.07. The number of hydrogen-bond acceptors (Lipinski definition) is 8. The van der Waals surface area contributed by atoms with Crippen molar-refractivity contribution in [1.82, 2.24) is 15.0 Å². The quantitative estimate of drug-likeness (QED) is 0.227. The molecular formula is C27H29F3N4O3S. The second-order valence-electron chi connectivity index (χ2n) is 9.41. The molecule has 4 rings (SSSR count). The maximum atomic E-state index is 15.4. The first-order valence-corrected chi connectivity index (χ1v) is 12.9. The summed E-state index contributed by atoms with van der Waals surface area (Å²) in [5.41, 5.74) is 0.500. The average molecular weight is 547 g/mol. The van der Waals surface area contributed by atoms with Crippen LogP contribution in [0.5, 0.6) is 5.75 Å². The molecule has 0 fully saturated rings. The fraction of sp³-hybridized carbons (Fsp3) is 0.370. The van der Waals surface area contributed by atoms with E-state index in [0.717, 1.165) is 31.2 Å². The SMILES string of the molecule is COCCOc1cc2c(N[C@H](C)c3cccc(C(F)(F)C(C)(C)O)c3F)nc(C)nc2cc1-c1cscn1. The Morgan fingerprint density at radius 3 is 2.58 bits per heavy atom. The number of halogens is 3. The van der Waals surface area contributed by atoms with Crippen molar-refractivity contribution < 1.29 is 27.8 Å². The highest BCUT2D eigenvalue weighted by atomic mass is 32.1. The number of alkyl halides is 2. The summed E-state index contributed by atoms with van der Waals surface area (Å²) in [6, 6.07) is 6.63. The largest absolute Gasteiger partial charge is 0.490 e. The van der Waals surface area contributed by atoms with E-state index in [0.29, 0.717) is 41.5 Å². The van der Waals surface area contributed by atoms with Gasteiger partial charge in [0.2, 0.25) is 0 Å². The van der Waals surface area contributed by atoms with Crippen molar-refractivity contribution in [2.45, 2.75) is 45.3 Å². The molecule has 2 aromatic carbocycles. The Labute approximate surface area is 222 Å². The molecule has 2 aromatic heterocycles. The van der Waals surface area contributed by atoms with Gasteiger partial charge in [-0.05, 0) is 45.9 Å². The third kappa shape index (κ3) is 5.45. The summed E-state index contributed by atoms with van der Waals surface area (Å²) in [6.45, 7) is 5.95. The van der Waals surface area contributed by atoms with E-state index < -0.39 is 28.9 Å². The lowest BCUT2D eigenvalue weighted by atomic mass is 9.91. The van der Waals surface area contributed by atoms with Crippen LogP contribution < -0.4 is 10.1 Å². The molecule has 0 saturated carbocycles. The highest BCUT2D eigenvalue weighted by Gasteiger charge is 2.49. The summed E-state index contributed by atoms with van der Waals surface area (Å²) < 4.78 is 56.1. The molecule has 11 heteroatoms. The lowest BCUT2D eigenvalue weighted by molar-refractivity contribution is -0.170. The first kappa shape index (κ1) is 27.7. The molecule has 2 heterocycles. The molecule has 0 bridgehead atoms. The Bertz CT molecular complexity index is 1430. The van der Waals surface area contributed by atoms with E-state index in [4.69, 9.17) is 9.47 Å². The van der Waals surface area contributed by atoms with Crippen molar-refractivity contribution in [3.63, 3.8) is 0 Å². The van der Waals surface area contributed by atoms with Crippen LogP contribution in [0.4, 0.5) is 19.0 Å². The van der Waals surface area contributed by atoms with Crippen LogP contribution in [0.1, 0.15) is 43.8 Å². The van der Waals surface area contributed by atoms with E-state index in [1.807, 2.05) is 11.4 Å². The van der Waals surface area contributed by atoms with Gasteiger partial charge in [-0.1, -0.05) is 12.1 Å². The predicted molar refractivity (Wildman–Crippen MR) is 141 cm³/mol. The van der Waals surface area contributed by atoms with Gasteiger partial charge in [0.1, 0.15) is 35.4 Å². The summed E-state index contributed by atoms with van der Waals surface area (Å²) in [4.78, 5) is 13.5. The van der Waals surface area contributed by atoms with Crippen molar-refractivity contribution in [2.75, 3.05) is 25.6 Å². The number of nitrogens with zero attached hydrogens (tertiary/aromatic N) is 3. The average Bonchev–Trinajstić information content (AvgIpc) is 3.38. The zero-order chi connectivity index (χ0) is 27.7. The third-order valence-corrected chi connectivity index (χ3v) is 6.70. The molecule has 0 aliphatic rings. The number of ether oxygens (including phenoxy) is 2. The van der Waals surface area contributed by atoms with Gasteiger partial charge in [-0.3, -0.25) is 0 Å². The van der Waals surface area contributed by atoms with Gasteiger partial charge in [0.05, 0.1) is 34.9 Å². The minimum absolute atomic E-state index is 0.00602. The van der Waals surface area contributed by atoms with Crippen LogP contribution in [-0.2, 0) is 10.7 Å². The highest BCUT2D eigenvalue weighted by Crippen LogP contribution is 2.42. The van der Waals surface area contributed by atoms with Crippen molar-refractivity contribution in [3.8, 4) is 17.0 Å². The molecule has 0 aliphatic heterocycles. The summed E-state index contributed by atoms with van der Waals surface area (Å²) in [5.74, 6) is -3.50. The molecule has 0 unspecified atom stereocenters. The molecule has 38 heavy (non-hydrogen) atoms. The molecule has 202 valence electrons. The van der Waals surface area contributed by atoms with E-state index in [1.165, 1.54) is 23.5 Å². The van der Waals surface area contributed by atoms with Gasteiger partial charge in [0.25, 0.3) is 0 Å². The van der Waals surface area contributed by atoms with E-state index in [2.05, 4.69) is 20.3 Å². The van der Waals surface area contributed by atoms with Crippen LogP contribution in [-0.4, -0.2) is 46.0 Å². The third-order valence-electron chi connectivity index (χ3n) is 6.12. The fourth-order valence-electron chi connectivity index (χ4n) is 4.02. The first-order chi connectivity index (χ1) is 17.9. The number of nitrogens with one attached hydrogen (secondary N) is 1. The number of thiazole rings is 1. The van der Waals surface area contributed by atoms with E-state index in [9.17, 15) is 13.9 Å². The fourth-order valence-corrected chi connectivity index (χ4v) is 4.57. The normalized spacial score (nSPS) is 13.1. The van der Waals surface area contributed by atoms with Gasteiger partial charge in [-0.2, -0.15) is 8.78 Å². The van der Waals surface area contributed by atoms with Crippen LogP contribution in [0.15, 0.2) is 41.2 Å². The van der Waals surface area contributed by atoms with Crippen LogP contribution in [0.2, 0.25) is 0 Å². The summed E-state index contributed by atoms with van der Waals surface area (Å²) in [6.07, 6.45) is 0. The molecular weight excluding hydrogens is 517 g/mol. The monoisotopic (exact) mass is 546 g/mol. The van der Waals surface area contributed by atoms with Crippen LogP contribution in [0.3, 0.4) is 0 Å². The molecule has 4 aromatic rings. The van der Waals surface area contributed by atoms with Gasteiger partial charge in [0, 0.05) is 29.0 Å². The van der Waals surface area contributed by atoms with Crippen molar-refractivity contribution in [3.05, 3.63) is 64.0 Å². The number of aliphatic hydroxyl groups is 1. The van der Waals surface area contributed by atoms with Gasteiger partial charge < -0.3 is 19.9 Å². The Kier molecular flexibility index (Phi) is 7.91. The maximum absolute atomic E-state index is 15.4. The predicted octanol–water partition coefficient (Wildman–Crippen LogP) is 6.26. The number of benzene rings is 2. The molecule has 0 saturated heterocycles. The molecule has 0 radical (unpaired) electrons. The second-order valence-corrected chi connectivity index (χ2v) is 10.1. The number of hydrogen-bond donors (Lipinski definition) is 2. The molecule has 1 atom stereocenters. The lowest BCUT2D eigenvalue weighted by Crippen LogP contribution is -2.41. The zero-order valence-electron chi connectivity index (χ0n) is 21.7. The minimum Gasteiger partial charge on any atom is -0.490 e. The van der Waals surface area contributed by atoms with E-state index >= 15 is 4.39 Å². The number of methoxy groups -OCH3 is 1. The smallest absolute Gasteiger partial charge is 0.303 e. The molecule has 0 amide bonds. The summed E-state index contributed by atoms with van der Waals surface area (Å²) >= 11 is 1.45. The molecule has 0 aliphatic carbocycles. The number of aryl methyl sites for hydroxylation is 1. The van der Waals surface area contributed by atoms with Crippen molar-refractivity contribution >= 4 is 28.1 Å². The van der Waals surface area contributed by atoms with Crippen LogP contribution in [0, 0.1) is 12.7 Å². The summed E-state index contributed by atoms with van der Waals surface area (Å²) in [5, 5.41) is 15.6. The molecule has 0 spiro atoms. The van der Waals surface area contributed by atoms with Gasteiger partial charge in [-0.15, -0.1) is 11.3 Å². The van der Waals surface area contributed by atoms with E-state index in [-0.39, 0.29) is 5.56 Å². The number of fused-ring (bicyclic) bond motifs is 1. The standard InChI is InChI=1S/C27H29F3N4O3S/c1-15(17-7-6-8-20(24(17)28)27(29,30)26(3,4)35)32-25-19-12-23(37-10-9-36-5)18(22-13-38-14-31-22)11-21(19)33-16(2)34-25/h6-8,11-15,35H,9-10H2,1-5H3,(H,32,33,34)/t15-/m1/s1. The molecule has 2 N–H and O–H groups in total. The zero-order valence-corrected chi connectivity index (χ0v) is 22.5. The van der Waals surface area contributed by atoms with Crippen LogP contribution in [0.25, 0.3) is 22.2 Å².